The van der Waals surface area contributed by atoms with Gasteiger partial charge in [-0.15, -0.1) is 18.3 Å². The molecule has 232 valence electrons. The van der Waals surface area contributed by atoms with Gasteiger partial charge in [0.2, 0.25) is 5.11 Å². The lowest BCUT2D eigenvalue weighted by molar-refractivity contribution is -0.274. The van der Waals surface area contributed by atoms with Crippen LogP contribution in [0, 0.1) is 6.92 Å². The Kier molecular flexibility index (Phi) is 8.67. The molecule has 13 heteroatoms. The summed E-state index contributed by atoms with van der Waals surface area (Å²) in [5.41, 5.74) is 13.7. The van der Waals surface area contributed by atoms with Crippen molar-refractivity contribution in [1.29, 1.82) is 0 Å². The first-order valence-corrected chi connectivity index (χ1v) is 15.7. The zero-order valence-corrected chi connectivity index (χ0v) is 26.3. The van der Waals surface area contributed by atoms with Gasteiger partial charge in [0.05, 0.1) is 17.4 Å². The average Bonchev–Trinajstić information content (AvgIpc) is 3.65. The summed E-state index contributed by atoms with van der Waals surface area (Å²) in [6.45, 7) is 6.40. The lowest BCUT2D eigenvalue weighted by atomic mass is 9.93. The predicted octanol–water partition coefficient (Wildman–Crippen LogP) is 7.58. The summed E-state index contributed by atoms with van der Waals surface area (Å²) in [6.07, 6.45) is -0.137. The van der Waals surface area contributed by atoms with E-state index in [1.165, 1.54) is 57.8 Å². The largest absolute Gasteiger partial charge is 0.573 e. The van der Waals surface area contributed by atoms with E-state index in [4.69, 9.17) is 17.2 Å². The number of alkyl halides is 3. The summed E-state index contributed by atoms with van der Waals surface area (Å²) in [4.78, 5) is 11.3. The van der Waals surface area contributed by atoms with Crippen LogP contribution in [0.25, 0.3) is 17.1 Å². The number of aliphatic imine (C=N–C) groups is 1. The quantitative estimate of drug-likeness (QED) is 0.157. The smallest absolute Gasteiger partial charge is 0.406 e. The molecule has 2 aliphatic rings. The summed E-state index contributed by atoms with van der Waals surface area (Å²) in [5, 5.41) is 5.69. The molecular weight excluding hydrogens is 620 g/mol. The summed E-state index contributed by atoms with van der Waals surface area (Å²) >= 11 is 7.29. The maximum Gasteiger partial charge on any atom is 0.573 e. The zero-order chi connectivity index (χ0) is 31.7. The van der Waals surface area contributed by atoms with Crippen LogP contribution in [0.5, 0.6) is 5.75 Å². The minimum Gasteiger partial charge on any atom is -0.406 e. The number of anilines is 1. The molecule has 8 nitrogen and oxygen atoms in total. The van der Waals surface area contributed by atoms with E-state index in [2.05, 4.69) is 75.6 Å². The number of amidine groups is 1. The molecule has 3 heterocycles. The molecular formula is C32H30F3N7OS2. The van der Waals surface area contributed by atoms with E-state index in [0.717, 1.165) is 28.5 Å². The number of nitrogens with one attached hydrogen (secondary N) is 2. The van der Waals surface area contributed by atoms with Crippen molar-refractivity contribution in [2.75, 3.05) is 10.7 Å². The maximum absolute atomic E-state index is 12.4. The Morgan fingerprint density at radius 3 is 2.60 bits per heavy atom. The van der Waals surface area contributed by atoms with Gasteiger partial charge in [-0.05, 0) is 72.6 Å². The zero-order valence-electron chi connectivity index (χ0n) is 24.7. The van der Waals surface area contributed by atoms with Gasteiger partial charge >= 0.3 is 6.36 Å². The van der Waals surface area contributed by atoms with Gasteiger partial charge in [-0.2, -0.15) is 4.99 Å². The van der Waals surface area contributed by atoms with E-state index >= 15 is 0 Å². The van der Waals surface area contributed by atoms with Gasteiger partial charge in [0, 0.05) is 22.9 Å². The Labute approximate surface area is 268 Å². The number of nitrogens with zero attached hydrogens (tertiary/aromatic N) is 5. The number of thioether (sulfide) groups is 1. The number of hydrazine groups is 1. The van der Waals surface area contributed by atoms with E-state index in [1.54, 1.807) is 11.8 Å². The number of ether oxygens (including phenoxy) is 1. The maximum atomic E-state index is 12.4. The number of fused-ring (bicyclic) bond motifs is 3. The molecule has 0 amide bonds. The van der Waals surface area contributed by atoms with Gasteiger partial charge in [0.15, 0.2) is 11.0 Å². The molecule has 2 unspecified atom stereocenters. The summed E-state index contributed by atoms with van der Waals surface area (Å²) in [6, 6.07) is 19.8. The van der Waals surface area contributed by atoms with E-state index in [-0.39, 0.29) is 11.8 Å². The molecule has 1 aromatic heterocycles. The fraction of sp³-hybridized carbons (Fsp3) is 0.250. The highest BCUT2D eigenvalue weighted by Crippen LogP contribution is 2.43. The third-order valence-corrected chi connectivity index (χ3v) is 8.71. The molecule has 1 fully saturated rings. The number of thiocarbonyl (C=S) groups is 1. The second-order valence-corrected chi connectivity index (χ2v) is 12.1. The highest BCUT2D eigenvalue weighted by molar-refractivity contribution is 8.14. The Bertz CT molecular complexity index is 1770. The second kappa shape index (κ2) is 12.7. The SMILES string of the molecule is CCC(NNC(=S)N=C1SCC2=CC(C)c3ccc(C)cc3N21)c1ccc(-c2ncn(-c3ccc(OC(F)(F)F)cc3)n2)cc1. The Morgan fingerprint density at radius 1 is 1.13 bits per heavy atom. The van der Waals surface area contributed by atoms with Crippen LogP contribution in [0.15, 0.2) is 89.8 Å². The van der Waals surface area contributed by atoms with Crippen LogP contribution in [-0.2, 0) is 0 Å². The fourth-order valence-corrected chi connectivity index (χ4v) is 6.54. The molecule has 0 spiro atoms. The minimum atomic E-state index is -4.74. The number of benzene rings is 3. The molecule has 45 heavy (non-hydrogen) atoms. The van der Waals surface area contributed by atoms with Crippen LogP contribution in [0.4, 0.5) is 18.9 Å². The number of aryl methyl sites for hydroxylation is 1. The number of allylic oxidation sites excluding steroid dienone is 1. The van der Waals surface area contributed by atoms with Crippen molar-refractivity contribution >= 4 is 39.9 Å². The highest BCUT2D eigenvalue weighted by Gasteiger charge is 2.33. The van der Waals surface area contributed by atoms with Crippen LogP contribution in [0.3, 0.4) is 0 Å². The Morgan fingerprint density at radius 2 is 1.89 bits per heavy atom. The van der Waals surface area contributed by atoms with Crippen molar-refractivity contribution in [2.24, 2.45) is 4.99 Å². The molecule has 0 aliphatic carbocycles. The molecule has 2 atom stereocenters. The Hall–Kier alpha value is -4.20. The lowest BCUT2D eigenvalue weighted by Gasteiger charge is -2.30. The molecule has 1 saturated heterocycles. The number of aromatic nitrogens is 3. The van der Waals surface area contributed by atoms with Gasteiger partial charge < -0.3 is 4.74 Å². The third kappa shape index (κ3) is 6.90. The van der Waals surface area contributed by atoms with Crippen LogP contribution < -0.4 is 20.5 Å². The monoisotopic (exact) mass is 649 g/mol. The van der Waals surface area contributed by atoms with Crippen LogP contribution in [-0.4, -0.2) is 37.2 Å². The predicted molar refractivity (Wildman–Crippen MR) is 175 cm³/mol. The minimum absolute atomic E-state index is 0.0361. The van der Waals surface area contributed by atoms with Gasteiger partial charge in [0.25, 0.3) is 0 Å². The molecule has 2 N–H and O–H groups in total. The van der Waals surface area contributed by atoms with Crippen molar-refractivity contribution < 1.29 is 17.9 Å². The molecule has 3 aromatic carbocycles. The van der Waals surface area contributed by atoms with Crippen LogP contribution in [0.2, 0.25) is 0 Å². The third-order valence-electron chi connectivity index (χ3n) is 7.54. The van der Waals surface area contributed by atoms with E-state index < -0.39 is 6.36 Å². The van der Waals surface area contributed by atoms with Crippen molar-refractivity contribution in [2.45, 2.75) is 45.5 Å². The molecule has 4 aromatic rings. The first-order chi connectivity index (χ1) is 21.6. The first kappa shape index (κ1) is 30.8. The van der Waals surface area contributed by atoms with Crippen molar-refractivity contribution in [3.05, 3.63) is 102 Å². The summed E-state index contributed by atoms with van der Waals surface area (Å²) < 4.78 is 42.8. The van der Waals surface area contributed by atoms with Crippen LogP contribution >= 0.6 is 24.0 Å². The normalized spacial score (nSPS) is 17.5. The molecule has 0 radical (unpaired) electrons. The van der Waals surface area contributed by atoms with Crippen LogP contribution in [0.1, 0.15) is 48.9 Å². The van der Waals surface area contributed by atoms with E-state index in [1.807, 2.05) is 24.3 Å². The molecule has 0 bridgehead atoms. The summed E-state index contributed by atoms with van der Waals surface area (Å²) in [7, 11) is 0. The summed E-state index contributed by atoms with van der Waals surface area (Å²) in [5.74, 6) is 1.39. The van der Waals surface area contributed by atoms with Gasteiger partial charge in [-0.25, -0.2) is 15.1 Å². The molecule has 6 rings (SSSR count). The van der Waals surface area contributed by atoms with Gasteiger partial charge in [-0.3, -0.25) is 10.3 Å². The number of rotatable bonds is 7. The second-order valence-electron chi connectivity index (χ2n) is 10.7. The van der Waals surface area contributed by atoms with Crippen molar-refractivity contribution in [3.63, 3.8) is 0 Å². The van der Waals surface area contributed by atoms with Gasteiger partial charge in [0.1, 0.15) is 12.1 Å². The van der Waals surface area contributed by atoms with E-state index in [9.17, 15) is 13.2 Å². The van der Waals surface area contributed by atoms with Crippen molar-refractivity contribution in [1.82, 2.24) is 25.6 Å². The fourth-order valence-electron chi connectivity index (χ4n) is 5.33. The van der Waals surface area contributed by atoms with E-state index in [0.29, 0.717) is 22.5 Å². The molecule has 2 aliphatic heterocycles. The topological polar surface area (TPSA) is 79.6 Å². The standard InChI is InChI=1S/C32H30F3N7OS2/c1-4-27(38-39-30(44)37-31-42-24(17-45-31)16-20(3)26-14-5-19(2)15-28(26)42)21-6-8-22(9-7-21)29-36-18-41(40-29)23-10-12-25(13-11-23)43-32(33,34)35/h5-16,18,20,27,38H,4,17H2,1-3H3,(H,39,44). The number of hydrogen-bond donors (Lipinski definition) is 2. The first-order valence-electron chi connectivity index (χ1n) is 14.3. The number of hydrogen-bond acceptors (Lipinski definition) is 6. The molecule has 0 saturated carbocycles. The average molecular weight is 650 g/mol. The van der Waals surface area contributed by atoms with Gasteiger partial charge in [-0.1, -0.05) is 68.1 Å². The van der Waals surface area contributed by atoms with Crippen molar-refractivity contribution in [3.8, 4) is 22.8 Å². The highest BCUT2D eigenvalue weighted by atomic mass is 32.2. The number of halogens is 3. The lowest BCUT2D eigenvalue weighted by Crippen LogP contribution is -2.39. The Balaban J connectivity index is 1.09.